The molecule has 2 fully saturated rings. The van der Waals surface area contributed by atoms with Crippen molar-refractivity contribution in [1.29, 1.82) is 0 Å². The maximum Gasteiger partial charge on any atom is 0.573 e. The largest absolute Gasteiger partial charge is 0.573 e. The number of nitrogens with zero attached hydrogens (tertiary/aromatic N) is 2. The van der Waals surface area contributed by atoms with Crippen molar-refractivity contribution in [3.8, 4) is 11.6 Å². The first kappa shape index (κ1) is 24.8. The van der Waals surface area contributed by atoms with Crippen LogP contribution in [0.4, 0.5) is 23.7 Å². The molecular formula is C25H25F3N4O5. The molecule has 0 saturated carbocycles. The maximum absolute atomic E-state index is 13.1. The van der Waals surface area contributed by atoms with Crippen molar-refractivity contribution in [2.45, 2.75) is 24.8 Å². The number of rotatable bonds is 3. The molecule has 2 aliphatic heterocycles. The van der Waals surface area contributed by atoms with Crippen molar-refractivity contribution in [3.63, 3.8) is 0 Å². The second-order valence-electron chi connectivity index (χ2n) is 9.20. The lowest BCUT2D eigenvalue weighted by molar-refractivity contribution is -0.274. The lowest BCUT2D eigenvalue weighted by Gasteiger charge is -2.47. The number of aromatic hydroxyl groups is 1. The molecule has 0 atom stereocenters. The molecule has 2 aliphatic rings. The summed E-state index contributed by atoms with van der Waals surface area (Å²) < 4.78 is 46.9. The number of carbonyl (C=O) groups excluding carboxylic acids is 2. The van der Waals surface area contributed by atoms with E-state index in [1.807, 2.05) is 0 Å². The van der Waals surface area contributed by atoms with Crippen LogP contribution in [0, 0.1) is 0 Å². The number of hydrogen-bond acceptors (Lipinski definition) is 5. The molecule has 0 aliphatic carbocycles. The number of H-pyrrole nitrogens is 1. The zero-order valence-electron chi connectivity index (χ0n) is 19.7. The average molecular weight is 518 g/mol. The minimum Gasteiger partial charge on any atom is -0.495 e. The number of likely N-dealkylation sites (tertiary alicyclic amines) is 1. The van der Waals surface area contributed by atoms with Gasteiger partial charge in [-0.3, -0.25) is 4.79 Å². The predicted molar refractivity (Wildman–Crippen MR) is 128 cm³/mol. The SMILES string of the molecule is O=C(Nc1ccc(OC(F)(F)F)cc1)N1CCOC2(CCN(C(=O)c3ccc4[nH]c(O)cc4c3)CC2)C1. The Morgan fingerprint density at radius 1 is 1.03 bits per heavy atom. The molecule has 3 N–H and O–H groups in total. The smallest absolute Gasteiger partial charge is 0.495 e. The third-order valence-electron chi connectivity index (χ3n) is 6.69. The standard InChI is InChI=1S/C25H25F3N4O5/c26-25(27,28)37-19-4-2-18(3-5-19)29-23(35)32-11-12-36-24(15-32)7-9-31(10-8-24)22(34)16-1-6-20-17(13-16)14-21(33)30-20/h1-6,13-14,30,33H,7-12,15H2,(H,29,35). The van der Waals surface area contributed by atoms with Gasteiger partial charge in [0.1, 0.15) is 5.75 Å². The number of aromatic amines is 1. The lowest BCUT2D eigenvalue weighted by atomic mass is 9.89. The van der Waals surface area contributed by atoms with Gasteiger partial charge in [0.15, 0.2) is 5.88 Å². The number of urea groups is 1. The number of aromatic nitrogens is 1. The highest BCUT2D eigenvalue weighted by Gasteiger charge is 2.42. The van der Waals surface area contributed by atoms with Gasteiger partial charge in [0, 0.05) is 47.9 Å². The number of alkyl halides is 3. The summed E-state index contributed by atoms with van der Waals surface area (Å²) in [6, 6.07) is 11.3. The number of benzene rings is 2. The summed E-state index contributed by atoms with van der Waals surface area (Å²) >= 11 is 0. The van der Waals surface area contributed by atoms with Crippen LogP contribution in [0.15, 0.2) is 48.5 Å². The molecule has 12 heteroatoms. The van der Waals surface area contributed by atoms with Crippen molar-refractivity contribution in [2.24, 2.45) is 0 Å². The number of anilines is 1. The minimum atomic E-state index is -4.78. The molecule has 3 aromatic rings. The van der Waals surface area contributed by atoms with Crippen LogP contribution in [0.3, 0.4) is 0 Å². The molecule has 0 radical (unpaired) electrons. The number of nitrogens with one attached hydrogen (secondary N) is 2. The molecule has 9 nitrogen and oxygen atoms in total. The number of halogens is 3. The minimum absolute atomic E-state index is 0.0371. The van der Waals surface area contributed by atoms with Gasteiger partial charge in [-0.25, -0.2) is 4.79 Å². The number of piperidine rings is 1. The van der Waals surface area contributed by atoms with E-state index >= 15 is 0 Å². The van der Waals surface area contributed by atoms with E-state index in [9.17, 15) is 27.9 Å². The lowest BCUT2D eigenvalue weighted by Crippen LogP contribution is -2.59. The summed E-state index contributed by atoms with van der Waals surface area (Å²) in [6.45, 7) is 1.98. The Morgan fingerprint density at radius 3 is 2.46 bits per heavy atom. The average Bonchev–Trinajstić information content (AvgIpc) is 3.24. The number of amides is 3. The van der Waals surface area contributed by atoms with Gasteiger partial charge in [-0.05, 0) is 55.3 Å². The number of ether oxygens (including phenoxy) is 2. The van der Waals surface area contributed by atoms with Gasteiger partial charge >= 0.3 is 12.4 Å². The topological polar surface area (TPSA) is 107 Å². The zero-order chi connectivity index (χ0) is 26.2. The van der Waals surface area contributed by atoms with E-state index in [2.05, 4.69) is 15.0 Å². The molecule has 37 heavy (non-hydrogen) atoms. The number of fused-ring (bicyclic) bond motifs is 1. The van der Waals surface area contributed by atoms with Crippen molar-refractivity contribution in [3.05, 3.63) is 54.1 Å². The van der Waals surface area contributed by atoms with Gasteiger partial charge in [-0.1, -0.05) is 0 Å². The molecular weight excluding hydrogens is 493 g/mol. The Balaban J connectivity index is 1.17. The molecule has 1 spiro atoms. The summed E-state index contributed by atoms with van der Waals surface area (Å²) in [6.07, 6.45) is -3.68. The fourth-order valence-electron chi connectivity index (χ4n) is 4.81. The molecule has 2 saturated heterocycles. The molecule has 1 aromatic heterocycles. The van der Waals surface area contributed by atoms with Gasteiger partial charge in [0.25, 0.3) is 5.91 Å². The van der Waals surface area contributed by atoms with Crippen molar-refractivity contribution >= 4 is 28.5 Å². The normalized spacial score (nSPS) is 17.7. The fraction of sp³-hybridized carbons (Fsp3) is 0.360. The van der Waals surface area contributed by atoms with Gasteiger partial charge < -0.3 is 34.7 Å². The number of hydrogen-bond donors (Lipinski definition) is 3. The predicted octanol–water partition coefficient (Wildman–Crippen LogP) is 4.31. The third-order valence-corrected chi connectivity index (χ3v) is 6.69. The van der Waals surface area contributed by atoms with Crippen LogP contribution in [0.25, 0.3) is 10.9 Å². The van der Waals surface area contributed by atoms with Crippen molar-refractivity contribution in [1.82, 2.24) is 14.8 Å². The first-order chi connectivity index (χ1) is 17.6. The van der Waals surface area contributed by atoms with Gasteiger partial charge in [0.05, 0.1) is 18.8 Å². The first-order valence-electron chi connectivity index (χ1n) is 11.8. The van der Waals surface area contributed by atoms with E-state index in [0.717, 1.165) is 23.0 Å². The zero-order valence-corrected chi connectivity index (χ0v) is 19.7. The first-order valence-corrected chi connectivity index (χ1v) is 11.8. The van der Waals surface area contributed by atoms with Gasteiger partial charge in [-0.15, -0.1) is 13.2 Å². The highest BCUT2D eigenvalue weighted by atomic mass is 19.4. The van der Waals surface area contributed by atoms with E-state index in [1.165, 1.54) is 12.1 Å². The second kappa shape index (κ2) is 9.51. The quantitative estimate of drug-likeness (QED) is 0.479. The molecule has 5 rings (SSSR count). The summed E-state index contributed by atoms with van der Waals surface area (Å²) in [7, 11) is 0. The van der Waals surface area contributed by atoms with E-state index in [4.69, 9.17) is 4.74 Å². The summed E-state index contributed by atoms with van der Waals surface area (Å²) in [5.41, 5.74) is 1.03. The summed E-state index contributed by atoms with van der Waals surface area (Å²) in [5.74, 6) is -0.445. The van der Waals surface area contributed by atoms with E-state index in [1.54, 1.807) is 34.1 Å². The Kier molecular flexibility index (Phi) is 6.36. The van der Waals surface area contributed by atoms with Crippen LogP contribution in [0.1, 0.15) is 23.2 Å². The van der Waals surface area contributed by atoms with Crippen LogP contribution in [0.2, 0.25) is 0 Å². The summed E-state index contributed by atoms with van der Waals surface area (Å²) in [5, 5.41) is 13.1. The molecule has 0 unspecified atom stereocenters. The molecule has 2 aromatic carbocycles. The van der Waals surface area contributed by atoms with Crippen LogP contribution < -0.4 is 10.1 Å². The molecule has 0 bridgehead atoms. The highest BCUT2D eigenvalue weighted by Crippen LogP contribution is 2.32. The van der Waals surface area contributed by atoms with E-state index in [0.29, 0.717) is 56.9 Å². The fourth-order valence-corrected chi connectivity index (χ4v) is 4.81. The van der Waals surface area contributed by atoms with Gasteiger partial charge in [0.2, 0.25) is 0 Å². The Morgan fingerprint density at radius 2 is 1.76 bits per heavy atom. The van der Waals surface area contributed by atoms with Crippen molar-refractivity contribution < 1.29 is 37.3 Å². The van der Waals surface area contributed by atoms with Gasteiger partial charge in [-0.2, -0.15) is 0 Å². The monoisotopic (exact) mass is 518 g/mol. The highest BCUT2D eigenvalue weighted by molar-refractivity contribution is 5.98. The molecule has 3 heterocycles. The van der Waals surface area contributed by atoms with Crippen LogP contribution in [-0.2, 0) is 4.74 Å². The summed E-state index contributed by atoms with van der Waals surface area (Å²) in [4.78, 5) is 32.1. The maximum atomic E-state index is 13.1. The molecule has 3 amide bonds. The van der Waals surface area contributed by atoms with E-state index in [-0.39, 0.29) is 23.6 Å². The Bertz CT molecular complexity index is 1300. The third kappa shape index (κ3) is 5.58. The van der Waals surface area contributed by atoms with Crippen LogP contribution >= 0.6 is 0 Å². The molecule has 196 valence electrons. The van der Waals surface area contributed by atoms with E-state index < -0.39 is 12.0 Å². The second-order valence-corrected chi connectivity index (χ2v) is 9.20. The van der Waals surface area contributed by atoms with Crippen LogP contribution in [0.5, 0.6) is 11.6 Å². The Labute approximate surface area is 209 Å². The number of carbonyl (C=O) groups is 2. The van der Waals surface area contributed by atoms with Crippen LogP contribution in [-0.4, -0.2) is 76.6 Å². The Hall–Kier alpha value is -3.93. The van der Waals surface area contributed by atoms with Crippen molar-refractivity contribution in [2.75, 3.05) is 38.1 Å². The number of morpholine rings is 1.